The van der Waals surface area contributed by atoms with Gasteiger partial charge >= 0.3 is 0 Å². The van der Waals surface area contributed by atoms with Crippen LogP contribution in [0.1, 0.15) is 20.3 Å². The van der Waals surface area contributed by atoms with Crippen LogP contribution in [-0.2, 0) is 20.0 Å². The van der Waals surface area contributed by atoms with Gasteiger partial charge in [-0.05, 0) is 30.2 Å². The quantitative estimate of drug-likeness (QED) is 0.590. The molecule has 0 aliphatic carbocycles. The Bertz CT molecular complexity index is 867. The van der Waals surface area contributed by atoms with Crippen molar-refractivity contribution < 1.29 is 21.7 Å². The summed E-state index contributed by atoms with van der Waals surface area (Å²) in [5.41, 5.74) is 0. The van der Waals surface area contributed by atoms with E-state index < -0.39 is 20.0 Å². The van der Waals surface area contributed by atoms with Crippen LogP contribution in [-0.4, -0.2) is 60.4 Å². The minimum atomic E-state index is -3.65. The molecule has 2 N–H and O–H groups in total. The summed E-state index contributed by atoms with van der Waals surface area (Å²) in [6, 6.07) is 7.44. The van der Waals surface area contributed by atoms with Gasteiger partial charge in [0.15, 0.2) is 0 Å². The fourth-order valence-electron chi connectivity index (χ4n) is 2.83. The summed E-state index contributed by atoms with van der Waals surface area (Å²) < 4.78 is 53.9. The summed E-state index contributed by atoms with van der Waals surface area (Å²) in [6.45, 7) is 6.94. The molecule has 1 aromatic rings. The largest absolute Gasteiger partial charge is 0.332 e. The number of nitrogens with zero attached hydrogens (tertiary/aromatic N) is 2. The molecule has 1 saturated heterocycles. The molecule has 27 heavy (non-hydrogen) atoms. The van der Waals surface area contributed by atoms with E-state index in [0.29, 0.717) is 39.1 Å². The van der Waals surface area contributed by atoms with Crippen LogP contribution in [0.3, 0.4) is 0 Å². The minimum absolute atomic E-state index is 0.0490. The standard InChI is InChI=1S/C17H26N4O4S2/c1-15(2)14-19-26(22,23)16-4-6-17(7-5-16)27(24,25)21-12-10-20(11-13-21)9-3-8-18/h4-7,15,19H,3,9-14H2,1-2H3/p+1. The molecule has 0 saturated carbocycles. The first-order valence-electron chi connectivity index (χ1n) is 8.97. The Balaban J connectivity index is 2.07. The third-order valence-electron chi connectivity index (χ3n) is 4.47. The molecule has 1 heterocycles. The molecule has 10 heteroatoms. The maximum atomic E-state index is 12.8. The number of benzene rings is 1. The third-order valence-corrected chi connectivity index (χ3v) is 7.83. The summed E-state index contributed by atoms with van der Waals surface area (Å²) >= 11 is 0. The van der Waals surface area contributed by atoms with Crippen LogP contribution in [0, 0.1) is 17.2 Å². The Morgan fingerprint density at radius 2 is 1.67 bits per heavy atom. The van der Waals surface area contributed by atoms with Crippen molar-refractivity contribution in [3.05, 3.63) is 24.3 Å². The number of quaternary nitrogens is 1. The second-order valence-corrected chi connectivity index (χ2v) is 10.7. The van der Waals surface area contributed by atoms with Crippen LogP contribution in [0.2, 0.25) is 0 Å². The van der Waals surface area contributed by atoms with E-state index >= 15 is 0 Å². The van der Waals surface area contributed by atoms with E-state index in [-0.39, 0.29) is 15.7 Å². The molecule has 1 fully saturated rings. The van der Waals surface area contributed by atoms with E-state index in [9.17, 15) is 16.8 Å². The lowest BCUT2D eigenvalue weighted by molar-refractivity contribution is -0.903. The summed E-state index contributed by atoms with van der Waals surface area (Å²) in [7, 11) is -7.30. The average Bonchev–Trinajstić information content (AvgIpc) is 2.65. The highest BCUT2D eigenvalue weighted by Gasteiger charge is 2.30. The number of sulfonamides is 2. The maximum Gasteiger partial charge on any atom is 0.243 e. The number of nitrogens with one attached hydrogen (secondary N) is 2. The highest BCUT2D eigenvalue weighted by Crippen LogP contribution is 2.18. The first-order chi connectivity index (χ1) is 12.7. The van der Waals surface area contributed by atoms with Crippen molar-refractivity contribution in [2.24, 2.45) is 5.92 Å². The Morgan fingerprint density at radius 3 is 2.19 bits per heavy atom. The van der Waals surface area contributed by atoms with E-state index in [1.165, 1.54) is 33.5 Å². The van der Waals surface area contributed by atoms with Crippen molar-refractivity contribution in [1.82, 2.24) is 9.03 Å². The Morgan fingerprint density at radius 1 is 1.11 bits per heavy atom. The molecule has 8 nitrogen and oxygen atoms in total. The summed E-state index contributed by atoms with van der Waals surface area (Å²) in [5.74, 6) is 0.174. The van der Waals surface area contributed by atoms with Gasteiger partial charge in [0, 0.05) is 6.54 Å². The Labute approximate surface area is 161 Å². The van der Waals surface area contributed by atoms with E-state index in [2.05, 4.69) is 10.8 Å². The van der Waals surface area contributed by atoms with Crippen LogP contribution in [0.4, 0.5) is 0 Å². The number of hydrogen-bond donors (Lipinski definition) is 2. The molecule has 1 aliphatic heterocycles. The van der Waals surface area contributed by atoms with Gasteiger partial charge < -0.3 is 4.90 Å². The maximum absolute atomic E-state index is 12.8. The zero-order chi connectivity index (χ0) is 20.1. The molecule has 1 aromatic carbocycles. The predicted octanol–water partition coefficient (Wildman–Crippen LogP) is -0.576. The van der Waals surface area contributed by atoms with Crippen LogP contribution in [0.25, 0.3) is 0 Å². The number of rotatable bonds is 8. The van der Waals surface area contributed by atoms with Crippen LogP contribution in [0.5, 0.6) is 0 Å². The third kappa shape index (κ3) is 5.73. The smallest absolute Gasteiger partial charge is 0.243 e. The van der Waals surface area contributed by atoms with Gasteiger partial charge in [-0.2, -0.15) is 9.57 Å². The summed E-state index contributed by atoms with van der Waals surface area (Å²) in [5, 5.41) is 8.65. The molecule has 2 rings (SSSR count). The Hall–Kier alpha value is -1.51. The number of nitriles is 1. The molecule has 0 spiro atoms. The molecule has 0 amide bonds. The van der Waals surface area contributed by atoms with Crippen molar-refractivity contribution >= 4 is 20.0 Å². The summed E-state index contributed by atoms with van der Waals surface area (Å²) in [6.07, 6.45) is 0.461. The lowest BCUT2D eigenvalue weighted by atomic mass is 10.2. The molecule has 0 aromatic heterocycles. The van der Waals surface area contributed by atoms with Gasteiger partial charge in [0.05, 0.1) is 55.0 Å². The first kappa shape index (κ1) is 21.8. The fourth-order valence-corrected chi connectivity index (χ4v) is 5.48. The van der Waals surface area contributed by atoms with Crippen LogP contribution < -0.4 is 9.62 Å². The first-order valence-corrected chi connectivity index (χ1v) is 11.9. The van der Waals surface area contributed by atoms with Crippen molar-refractivity contribution in [3.8, 4) is 6.07 Å². The lowest BCUT2D eigenvalue weighted by Gasteiger charge is -2.31. The van der Waals surface area contributed by atoms with E-state index in [1.807, 2.05) is 13.8 Å². The molecule has 0 bridgehead atoms. The van der Waals surface area contributed by atoms with Crippen molar-refractivity contribution in [1.29, 1.82) is 5.26 Å². The molecule has 0 radical (unpaired) electrons. The molecule has 0 atom stereocenters. The zero-order valence-corrected chi connectivity index (χ0v) is 17.3. The average molecular weight is 416 g/mol. The molecule has 150 valence electrons. The second kappa shape index (κ2) is 9.12. The van der Waals surface area contributed by atoms with Crippen molar-refractivity contribution in [2.45, 2.75) is 30.1 Å². The second-order valence-electron chi connectivity index (χ2n) is 7.03. The predicted molar refractivity (Wildman–Crippen MR) is 101 cm³/mol. The van der Waals surface area contributed by atoms with Gasteiger partial charge in [0.1, 0.15) is 0 Å². The topological polar surface area (TPSA) is 112 Å². The van der Waals surface area contributed by atoms with Crippen LogP contribution in [0.15, 0.2) is 34.1 Å². The zero-order valence-electron chi connectivity index (χ0n) is 15.7. The summed E-state index contributed by atoms with van der Waals surface area (Å²) in [4.78, 5) is 1.36. The van der Waals surface area contributed by atoms with E-state index in [4.69, 9.17) is 5.26 Å². The number of piperazine rings is 1. The monoisotopic (exact) mass is 415 g/mol. The molecular weight excluding hydrogens is 388 g/mol. The fraction of sp³-hybridized carbons (Fsp3) is 0.588. The van der Waals surface area contributed by atoms with Gasteiger partial charge in [0.2, 0.25) is 20.0 Å². The molecule has 1 aliphatic rings. The normalized spacial score (nSPS) is 17.1. The van der Waals surface area contributed by atoms with Gasteiger partial charge in [-0.25, -0.2) is 21.6 Å². The highest BCUT2D eigenvalue weighted by molar-refractivity contribution is 7.89. The molecule has 0 unspecified atom stereocenters. The number of hydrogen-bond acceptors (Lipinski definition) is 5. The van der Waals surface area contributed by atoms with Crippen LogP contribution >= 0.6 is 0 Å². The van der Waals surface area contributed by atoms with E-state index in [0.717, 1.165) is 6.54 Å². The molecular formula is C17H27N4O4S2+. The van der Waals surface area contributed by atoms with Gasteiger partial charge in [-0.1, -0.05) is 13.8 Å². The van der Waals surface area contributed by atoms with Gasteiger partial charge in [-0.3, -0.25) is 0 Å². The van der Waals surface area contributed by atoms with Crippen molar-refractivity contribution in [2.75, 3.05) is 39.3 Å². The highest BCUT2D eigenvalue weighted by atomic mass is 32.2. The van der Waals surface area contributed by atoms with E-state index in [1.54, 1.807) is 0 Å². The minimum Gasteiger partial charge on any atom is -0.332 e. The van der Waals surface area contributed by atoms with Gasteiger partial charge in [-0.15, -0.1) is 0 Å². The van der Waals surface area contributed by atoms with Gasteiger partial charge in [0.25, 0.3) is 0 Å². The lowest BCUT2D eigenvalue weighted by Crippen LogP contribution is -3.14. The SMILES string of the molecule is CC(C)CNS(=O)(=O)c1ccc(S(=O)(=O)N2CC[NH+](CCC#N)CC2)cc1. The Kier molecular flexibility index (Phi) is 7.36. The van der Waals surface area contributed by atoms with Crippen molar-refractivity contribution in [3.63, 3.8) is 0 Å².